The summed E-state index contributed by atoms with van der Waals surface area (Å²) in [5.74, 6) is 0.438. The molecule has 0 aliphatic rings. The lowest BCUT2D eigenvalue weighted by Gasteiger charge is -2.14. The lowest BCUT2D eigenvalue weighted by atomic mass is 10.0. The van der Waals surface area contributed by atoms with Gasteiger partial charge in [-0.25, -0.2) is 4.98 Å². The standard InChI is InChI=1S/C27H27N3O3/c1-20-18-30(19-29-20)25-12-11-24(16-26(25)33-14-13-32-2)27(31)28-17-21-7-6-10-23(15-21)22-8-4-3-5-9-22/h3-12,15-16,18-19H,13-14,17H2,1-2H3,(H,28,31). The van der Waals surface area contributed by atoms with E-state index in [1.54, 1.807) is 25.6 Å². The first-order chi connectivity index (χ1) is 16.1. The van der Waals surface area contributed by atoms with Crippen LogP contribution in [0.15, 0.2) is 85.3 Å². The van der Waals surface area contributed by atoms with Crippen LogP contribution in [0.3, 0.4) is 0 Å². The minimum Gasteiger partial charge on any atom is -0.489 e. The Morgan fingerprint density at radius 1 is 0.970 bits per heavy atom. The Bertz CT molecular complexity index is 1220. The van der Waals surface area contributed by atoms with Gasteiger partial charge in [0.1, 0.15) is 12.4 Å². The highest BCUT2D eigenvalue weighted by atomic mass is 16.5. The van der Waals surface area contributed by atoms with E-state index in [0.717, 1.165) is 28.1 Å². The highest BCUT2D eigenvalue weighted by Crippen LogP contribution is 2.25. The zero-order valence-corrected chi connectivity index (χ0v) is 18.8. The van der Waals surface area contributed by atoms with E-state index < -0.39 is 0 Å². The summed E-state index contributed by atoms with van der Waals surface area (Å²) in [5, 5.41) is 3.01. The van der Waals surface area contributed by atoms with Gasteiger partial charge in [0.05, 0.1) is 24.3 Å². The van der Waals surface area contributed by atoms with Gasteiger partial charge in [-0.3, -0.25) is 4.79 Å². The Morgan fingerprint density at radius 2 is 1.79 bits per heavy atom. The molecule has 0 aliphatic heterocycles. The third kappa shape index (κ3) is 5.67. The zero-order chi connectivity index (χ0) is 23.0. The molecule has 4 rings (SSSR count). The first-order valence-corrected chi connectivity index (χ1v) is 10.8. The maximum Gasteiger partial charge on any atom is 0.251 e. The van der Waals surface area contributed by atoms with E-state index in [-0.39, 0.29) is 5.91 Å². The van der Waals surface area contributed by atoms with E-state index in [0.29, 0.717) is 31.1 Å². The van der Waals surface area contributed by atoms with Crippen LogP contribution in [0.5, 0.6) is 5.75 Å². The molecule has 33 heavy (non-hydrogen) atoms. The minimum atomic E-state index is -0.162. The molecule has 1 N–H and O–H groups in total. The van der Waals surface area contributed by atoms with E-state index in [2.05, 4.69) is 34.6 Å². The SMILES string of the molecule is COCCOc1cc(C(=O)NCc2cccc(-c3ccccc3)c2)ccc1-n1cnc(C)c1. The number of nitrogens with one attached hydrogen (secondary N) is 1. The van der Waals surface area contributed by atoms with Gasteiger partial charge in [-0.15, -0.1) is 0 Å². The van der Waals surface area contributed by atoms with Crippen molar-refractivity contribution >= 4 is 5.91 Å². The maximum atomic E-state index is 12.9. The number of nitrogens with zero attached hydrogens (tertiary/aromatic N) is 2. The summed E-state index contributed by atoms with van der Waals surface area (Å²) in [6.07, 6.45) is 3.64. The van der Waals surface area contributed by atoms with Crippen molar-refractivity contribution in [2.75, 3.05) is 20.3 Å². The second-order valence-corrected chi connectivity index (χ2v) is 7.70. The van der Waals surface area contributed by atoms with Gasteiger partial charge in [0.2, 0.25) is 0 Å². The lowest BCUT2D eigenvalue weighted by Crippen LogP contribution is -2.23. The molecule has 0 unspecified atom stereocenters. The van der Waals surface area contributed by atoms with Crippen molar-refractivity contribution < 1.29 is 14.3 Å². The fourth-order valence-corrected chi connectivity index (χ4v) is 3.55. The number of ether oxygens (including phenoxy) is 2. The van der Waals surface area contributed by atoms with Crippen molar-refractivity contribution in [1.29, 1.82) is 0 Å². The summed E-state index contributed by atoms with van der Waals surface area (Å²) in [6, 6.07) is 23.8. The van der Waals surface area contributed by atoms with Gasteiger partial charge < -0.3 is 19.4 Å². The number of imidazole rings is 1. The van der Waals surface area contributed by atoms with E-state index in [1.807, 2.05) is 54.1 Å². The number of rotatable bonds is 9. The molecule has 0 saturated heterocycles. The number of aromatic nitrogens is 2. The summed E-state index contributed by atoms with van der Waals surface area (Å²) in [7, 11) is 1.63. The van der Waals surface area contributed by atoms with Crippen molar-refractivity contribution in [3.05, 3.63) is 102 Å². The van der Waals surface area contributed by atoms with Crippen LogP contribution in [0.1, 0.15) is 21.6 Å². The monoisotopic (exact) mass is 441 g/mol. The molecule has 0 radical (unpaired) electrons. The third-order valence-corrected chi connectivity index (χ3v) is 5.24. The number of hydrogen-bond acceptors (Lipinski definition) is 4. The van der Waals surface area contributed by atoms with Gasteiger partial charge in [0.25, 0.3) is 5.91 Å². The summed E-state index contributed by atoms with van der Waals surface area (Å²) in [5.41, 5.74) is 5.55. The second kappa shape index (κ2) is 10.6. The molecule has 1 heterocycles. The Hall–Kier alpha value is -3.90. The fraction of sp³-hybridized carbons (Fsp3) is 0.185. The molecule has 0 saturated carbocycles. The summed E-state index contributed by atoms with van der Waals surface area (Å²) >= 11 is 0. The van der Waals surface area contributed by atoms with Crippen LogP contribution in [0.2, 0.25) is 0 Å². The molecule has 168 valence electrons. The maximum absolute atomic E-state index is 12.9. The van der Waals surface area contributed by atoms with Gasteiger partial charge in [-0.2, -0.15) is 0 Å². The van der Waals surface area contributed by atoms with Crippen molar-refractivity contribution in [2.45, 2.75) is 13.5 Å². The van der Waals surface area contributed by atoms with Gasteiger partial charge in [-0.1, -0.05) is 48.5 Å². The van der Waals surface area contributed by atoms with Crippen LogP contribution >= 0.6 is 0 Å². The molecule has 0 spiro atoms. The molecule has 1 amide bonds. The first-order valence-electron chi connectivity index (χ1n) is 10.8. The highest BCUT2D eigenvalue weighted by Gasteiger charge is 2.13. The smallest absolute Gasteiger partial charge is 0.251 e. The molecule has 6 heteroatoms. The number of aryl methyl sites for hydroxylation is 1. The molecule has 3 aromatic carbocycles. The number of methoxy groups -OCH3 is 1. The predicted octanol–water partition coefficient (Wildman–Crippen LogP) is 4.80. The molecule has 4 aromatic rings. The van der Waals surface area contributed by atoms with Crippen LogP contribution in [0.25, 0.3) is 16.8 Å². The first kappa shape index (κ1) is 22.3. The topological polar surface area (TPSA) is 65.4 Å². The number of benzene rings is 3. The molecule has 0 atom stereocenters. The number of carbonyl (C=O) groups excluding carboxylic acids is 1. The number of hydrogen-bond donors (Lipinski definition) is 1. The summed E-state index contributed by atoms with van der Waals surface area (Å²) < 4.78 is 12.9. The molecular formula is C27H27N3O3. The Labute approximate surface area is 193 Å². The Balaban J connectivity index is 1.49. The van der Waals surface area contributed by atoms with Gasteiger partial charge in [0.15, 0.2) is 0 Å². The minimum absolute atomic E-state index is 0.162. The van der Waals surface area contributed by atoms with Crippen LogP contribution < -0.4 is 10.1 Å². The largest absolute Gasteiger partial charge is 0.489 e. The molecule has 0 fully saturated rings. The fourth-order valence-electron chi connectivity index (χ4n) is 3.55. The highest BCUT2D eigenvalue weighted by molar-refractivity contribution is 5.95. The zero-order valence-electron chi connectivity index (χ0n) is 18.8. The predicted molar refractivity (Wildman–Crippen MR) is 129 cm³/mol. The van der Waals surface area contributed by atoms with E-state index in [4.69, 9.17) is 9.47 Å². The van der Waals surface area contributed by atoms with E-state index in [1.165, 1.54) is 0 Å². The lowest BCUT2D eigenvalue weighted by molar-refractivity contribution is 0.0950. The molecule has 6 nitrogen and oxygen atoms in total. The van der Waals surface area contributed by atoms with Gasteiger partial charge >= 0.3 is 0 Å². The van der Waals surface area contributed by atoms with Crippen molar-refractivity contribution in [2.24, 2.45) is 0 Å². The number of carbonyl (C=O) groups is 1. The Kier molecular flexibility index (Phi) is 7.17. The molecular weight excluding hydrogens is 414 g/mol. The number of amides is 1. The average molecular weight is 442 g/mol. The van der Waals surface area contributed by atoms with Crippen molar-refractivity contribution in [3.63, 3.8) is 0 Å². The quantitative estimate of drug-likeness (QED) is 0.379. The second-order valence-electron chi connectivity index (χ2n) is 7.70. The normalized spacial score (nSPS) is 10.7. The van der Waals surface area contributed by atoms with Crippen molar-refractivity contribution in [1.82, 2.24) is 14.9 Å². The van der Waals surface area contributed by atoms with Crippen molar-refractivity contribution in [3.8, 4) is 22.6 Å². The third-order valence-electron chi connectivity index (χ3n) is 5.24. The molecule has 1 aromatic heterocycles. The summed E-state index contributed by atoms with van der Waals surface area (Å²) in [6.45, 7) is 3.20. The van der Waals surface area contributed by atoms with Gasteiger partial charge in [0, 0.05) is 25.4 Å². The van der Waals surface area contributed by atoms with Crippen LogP contribution in [0.4, 0.5) is 0 Å². The van der Waals surface area contributed by atoms with Crippen LogP contribution in [-0.4, -0.2) is 35.8 Å². The van der Waals surface area contributed by atoms with E-state index in [9.17, 15) is 4.79 Å². The van der Waals surface area contributed by atoms with Gasteiger partial charge in [-0.05, 0) is 47.9 Å². The molecule has 0 bridgehead atoms. The van der Waals surface area contributed by atoms with Crippen LogP contribution in [-0.2, 0) is 11.3 Å². The van der Waals surface area contributed by atoms with Crippen LogP contribution in [0, 0.1) is 6.92 Å². The average Bonchev–Trinajstić information content (AvgIpc) is 3.29. The summed E-state index contributed by atoms with van der Waals surface area (Å²) in [4.78, 5) is 17.2. The Morgan fingerprint density at radius 3 is 2.55 bits per heavy atom. The molecule has 0 aliphatic carbocycles. The van der Waals surface area contributed by atoms with E-state index >= 15 is 0 Å².